The van der Waals surface area contributed by atoms with Crippen molar-refractivity contribution >= 4 is 13.9 Å². The third kappa shape index (κ3) is 4.98. The van der Waals surface area contributed by atoms with Crippen LogP contribution in [-0.2, 0) is 23.1 Å². The molecule has 1 fully saturated rings. The molecule has 12 heteroatoms. The summed E-state index contributed by atoms with van der Waals surface area (Å²) >= 11 is 0. The van der Waals surface area contributed by atoms with Crippen molar-refractivity contribution in [3.63, 3.8) is 0 Å². The van der Waals surface area contributed by atoms with Gasteiger partial charge in [-0.25, -0.2) is 9.36 Å². The molecule has 1 aromatic heterocycles. The van der Waals surface area contributed by atoms with Crippen LogP contribution in [-0.4, -0.2) is 54.0 Å². The number of aromatic amines is 1. The number of phosphoric acid groups is 1. The van der Waals surface area contributed by atoms with E-state index >= 15 is 0 Å². The predicted octanol–water partition coefficient (Wildman–Crippen LogP) is -0.426. The van der Waals surface area contributed by atoms with E-state index in [4.69, 9.17) is 19.7 Å². The summed E-state index contributed by atoms with van der Waals surface area (Å²) in [5.41, 5.74) is 4.43. The highest BCUT2D eigenvalue weighted by molar-refractivity contribution is 7.47. The molecule has 11 nitrogen and oxygen atoms in total. The van der Waals surface area contributed by atoms with E-state index in [0.717, 1.165) is 7.11 Å². The molecule has 0 aliphatic carbocycles. The van der Waals surface area contributed by atoms with E-state index < -0.39 is 37.5 Å². The Hall–Kier alpha value is -1.59. The standard InChI is InChI=1S/C14H22N3O8P/c1-22-10-6-12(25-11(10)8-24-26(20,21)23-2)17-7-9(4-3-5-15)13(18)16-14(17)19/h3-4,7,10-12H,5-6,8,15H2,1-2H3,(H,20,21)(H,16,18,19)/b4-3+. The van der Waals surface area contributed by atoms with Crippen molar-refractivity contribution in [2.75, 3.05) is 27.4 Å². The molecule has 4 N–H and O–H groups in total. The summed E-state index contributed by atoms with van der Waals surface area (Å²) in [4.78, 5) is 35.5. The fourth-order valence-corrected chi connectivity index (χ4v) is 2.96. The van der Waals surface area contributed by atoms with Crippen LogP contribution in [0.3, 0.4) is 0 Å². The Kier molecular flexibility index (Phi) is 7.07. The van der Waals surface area contributed by atoms with Crippen LogP contribution in [0.25, 0.3) is 6.08 Å². The average molecular weight is 391 g/mol. The van der Waals surface area contributed by atoms with Crippen molar-refractivity contribution in [1.29, 1.82) is 0 Å². The first-order chi connectivity index (χ1) is 12.3. The molecule has 0 aromatic carbocycles. The van der Waals surface area contributed by atoms with Gasteiger partial charge in [-0.05, 0) is 0 Å². The van der Waals surface area contributed by atoms with Crippen molar-refractivity contribution < 1.29 is 28.0 Å². The maximum atomic E-state index is 12.1. The summed E-state index contributed by atoms with van der Waals surface area (Å²) in [5, 5.41) is 0. The zero-order valence-electron chi connectivity index (χ0n) is 14.4. The smallest absolute Gasteiger partial charge is 0.378 e. The molecule has 1 aromatic rings. The van der Waals surface area contributed by atoms with Crippen LogP contribution >= 0.6 is 7.82 Å². The largest absolute Gasteiger partial charge is 0.472 e. The number of nitrogens with one attached hydrogen (secondary N) is 1. The molecule has 2 heterocycles. The van der Waals surface area contributed by atoms with Gasteiger partial charge in [-0.15, -0.1) is 0 Å². The minimum absolute atomic E-state index is 0.240. The monoisotopic (exact) mass is 391 g/mol. The van der Waals surface area contributed by atoms with Crippen LogP contribution in [0.4, 0.5) is 0 Å². The van der Waals surface area contributed by atoms with E-state index in [9.17, 15) is 19.0 Å². The molecule has 26 heavy (non-hydrogen) atoms. The van der Waals surface area contributed by atoms with Crippen LogP contribution in [0.15, 0.2) is 21.9 Å². The third-order valence-electron chi connectivity index (χ3n) is 3.85. The highest BCUT2D eigenvalue weighted by Crippen LogP contribution is 2.43. The van der Waals surface area contributed by atoms with Crippen molar-refractivity contribution in [2.45, 2.75) is 24.9 Å². The summed E-state index contributed by atoms with van der Waals surface area (Å²) in [7, 11) is -1.67. The highest BCUT2D eigenvalue weighted by Gasteiger charge is 2.38. The Morgan fingerprint density at radius 1 is 1.50 bits per heavy atom. The SMILES string of the molecule is COC1CC(n2cc(/C=C/CN)c(=O)[nH]c2=O)OC1COP(=O)(O)OC. The van der Waals surface area contributed by atoms with Crippen LogP contribution < -0.4 is 17.0 Å². The van der Waals surface area contributed by atoms with Crippen LogP contribution in [0.5, 0.6) is 0 Å². The van der Waals surface area contributed by atoms with Gasteiger partial charge >= 0.3 is 13.5 Å². The molecule has 0 saturated carbocycles. The van der Waals surface area contributed by atoms with Crippen molar-refractivity contribution in [2.24, 2.45) is 5.73 Å². The molecular weight excluding hydrogens is 369 g/mol. The molecule has 4 atom stereocenters. The molecule has 0 bridgehead atoms. The zero-order chi connectivity index (χ0) is 19.3. The van der Waals surface area contributed by atoms with E-state index in [1.807, 2.05) is 0 Å². The van der Waals surface area contributed by atoms with E-state index in [0.29, 0.717) is 0 Å². The van der Waals surface area contributed by atoms with E-state index in [1.165, 1.54) is 23.9 Å². The first-order valence-corrected chi connectivity index (χ1v) is 9.24. The molecule has 2 rings (SSSR count). The average Bonchev–Trinajstić information content (AvgIpc) is 3.02. The van der Waals surface area contributed by atoms with E-state index in [1.54, 1.807) is 6.08 Å². The fourth-order valence-electron chi connectivity index (χ4n) is 2.52. The number of nitrogens with zero attached hydrogens (tertiary/aromatic N) is 1. The minimum atomic E-state index is -4.16. The van der Waals surface area contributed by atoms with E-state index in [2.05, 4.69) is 9.51 Å². The topological polar surface area (TPSA) is 155 Å². The second-order valence-corrected chi connectivity index (χ2v) is 7.04. The highest BCUT2D eigenvalue weighted by atomic mass is 31.2. The van der Waals surface area contributed by atoms with Gasteiger partial charge in [0.05, 0.1) is 18.3 Å². The van der Waals surface area contributed by atoms with Gasteiger partial charge in [0, 0.05) is 33.4 Å². The predicted molar refractivity (Wildman–Crippen MR) is 91.5 cm³/mol. The Morgan fingerprint density at radius 2 is 2.23 bits per heavy atom. The lowest BCUT2D eigenvalue weighted by atomic mass is 10.2. The van der Waals surface area contributed by atoms with E-state index in [-0.39, 0.29) is 25.1 Å². The van der Waals surface area contributed by atoms with Gasteiger partial charge in [0.1, 0.15) is 12.3 Å². The Bertz CT molecular complexity index is 804. The van der Waals surface area contributed by atoms with Crippen LogP contribution in [0, 0.1) is 0 Å². The molecular formula is C14H22N3O8P. The number of H-pyrrole nitrogens is 1. The summed E-state index contributed by atoms with van der Waals surface area (Å²) in [6.07, 6.45) is 2.77. The normalized spacial score (nSPS) is 25.6. The lowest BCUT2D eigenvalue weighted by Gasteiger charge is -2.18. The molecule has 4 unspecified atom stereocenters. The maximum absolute atomic E-state index is 12.1. The Labute approximate surface area is 148 Å². The second kappa shape index (κ2) is 8.87. The Balaban J connectivity index is 2.22. The lowest BCUT2D eigenvalue weighted by Crippen LogP contribution is -2.33. The van der Waals surface area contributed by atoms with Gasteiger partial charge in [0.25, 0.3) is 5.56 Å². The first kappa shape index (κ1) is 20.7. The lowest BCUT2D eigenvalue weighted by molar-refractivity contribution is -0.0532. The molecule has 1 aliphatic rings. The van der Waals surface area contributed by atoms with Crippen LogP contribution in [0.2, 0.25) is 0 Å². The first-order valence-electron chi connectivity index (χ1n) is 7.74. The van der Waals surface area contributed by atoms with Crippen molar-refractivity contribution in [3.8, 4) is 0 Å². The molecule has 1 aliphatic heterocycles. The second-order valence-electron chi connectivity index (χ2n) is 5.47. The third-order valence-corrected chi connectivity index (χ3v) is 4.79. The number of phosphoric ester groups is 1. The maximum Gasteiger partial charge on any atom is 0.472 e. The molecule has 0 spiro atoms. The number of nitrogens with two attached hydrogens (primary N) is 1. The number of aromatic nitrogens is 2. The molecule has 146 valence electrons. The Morgan fingerprint density at radius 3 is 2.85 bits per heavy atom. The summed E-state index contributed by atoms with van der Waals surface area (Å²) in [6.45, 7) is -0.0287. The quantitative estimate of drug-likeness (QED) is 0.501. The van der Waals surface area contributed by atoms with Gasteiger partial charge < -0.3 is 20.1 Å². The van der Waals surface area contributed by atoms with Crippen LogP contribution in [0.1, 0.15) is 18.2 Å². The number of hydrogen-bond donors (Lipinski definition) is 3. The number of ether oxygens (including phenoxy) is 2. The zero-order valence-corrected chi connectivity index (χ0v) is 15.3. The van der Waals surface area contributed by atoms with Crippen molar-refractivity contribution in [1.82, 2.24) is 9.55 Å². The van der Waals surface area contributed by atoms with Gasteiger partial charge in [-0.3, -0.25) is 23.4 Å². The van der Waals surface area contributed by atoms with Gasteiger partial charge in [-0.2, -0.15) is 0 Å². The summed E-state index contributed by atoms with van der Waals surface area (Å²) < 4.78 is 32.8. The molecule has 0 amide bonds. The van der Waals surface area contributed by atoms with Crippen molar-refractivity contribution in [3.05, 3.63) is 38.7 Å². The summed E-state index contributed by atoms with van der Waals surface area (Å²) in [5.74, 6) is 0. The molecule has 0 radical (unpaired) electrons. The van der Waals surface area contributed by atoms with Gasteiger partial charge in [-0.1, -0.05) is 12.2 Å². The minimum Gasteiger partial charge on any atom is -0.378 e. The molecule has 1 saturated heterocycles. The fraction of sp³-hybridized carbons (Fsp3) is 0.571. The number of hydrogen-bond acceptors (Lipinski definition) is 8. The summed E-state index contributed by atoms with van der Waals surface area (Å²) in [6, 6.07) is 0. The van der Waals surface area contributed by atoms with Gasteiger partial charge in [0.2, 0.25) is 0 Å². The number of methoxy groups -OCH3 is 1. The van der Waals surface area contributed by atoms with Gasteiger partial charge in [0.15, 0.2) is 0 Å². The number of rotatable bonds is 8.